The van der Waals surface area contributed by atoms with Gasteiger partial charge in [-0.25, -0.2) is 0 Å². The first kappa shape index (κ1) is 12.2. The van der Waals surface area contributed by atoms with E-state index in [-0.39, 0.29) is 23.8 Å². The Hall–Kier alpha value is -0.280. The fourth-order valence-corrected chi connectivity index (χ4v) is 3.16. The van der Waals surface area contributed by atoms with E-state index in [4.69, 9.17) is 11.6 Å². The summed E-state index contributed by atoms with van der Waals surface area (Å²) in [5.41, 5.74) is 0.217. The molecule has 0 aromatic carbocycles. The molecule has 2 atom stereocenters. The normalized spacial score (nSPS) is 29.2. The van der Waals surface area contributed by atoms with Crippen molar-refractivity contribution in [1.82, 2.24) is 4.90 Å². The molecule has 0 aromatic heterocycles. The van der Waals surface area contributed by atoms with Crippen molar-refractivity contribution in [3.63, 3.8) is 0 Å². The number of carbonyl (C=O) groups is 1. The Morgan fingerprint density at radius 1 is 1.62 bits per heavy atom. The van der Waals surface area contributed by atoms with Crippen LogP contribution in [0.1, 0.15) is 32.6 Å². The van der Waals surface area contributed by atoms with Crippen LogP contribution < -0.4 is 0 Å². The summed E-state index contributed by atoms with van der Waals surface area (Å²) in [5, 5.41) is 9.00. The first-order valence-corrected chi connectivity index (χ1v) is 6.60. The highest BCUT2D eigenvalue weighted by Gasteiger charge is 2.51. The molecular weight excluding hydrogens is 226 g/mol. The minimum Gasteiger partial charge on any atom is -0.396 e. The third-order valence-corrected chi connectivity index (χ3v) is 4.82. The summed E-state index contributed by atoms with van der Waals surface area (Å²) in [6.45, 7) is 3.62. The molecule has 2 aliphatic rings. The molecule has 1 N–H and O–H groups in total. The average Bonchev–Trinajstić information content (AvgIpc) is 2.66. The Labute approximate surface area is 102 Å². The molecule has 1 aliphatic carbocycles. The van der Waals surface area contributed by atoms with Gasteiger partial charge in [0.05, 0.1) is 0 Å². The molecule has 1 saturated heterocycles. The van der Waals surface area contributed by atoms with Gasteiger partial charge in [0.25, 0.3) is 0 Å². The molecule has 0 aromatic rings. The van der Waals surface area contributed by atoms with Gasteiger partial charge in [0.15, 0.2) is 0 Å². The number of carbonyl (C=O) groups excluding carboxylic acids is 1. The van der Waals surface area contributed by atoms with Crippen LogP contribution in [-0.4, -0.2) is 41.0 Å². The molecule has 0 unspecified atom stereocenters. The van der Waals surface area contributed by atoms with Gasteiger partial charge < -0.3 is 10.0 Å². The Bertz CT molecular complexity index is 278. The lowest BCUT2D eigenvalue weighted by atomic mass is 9.63. The SMILES string of the molecule is CC[C@H](Cl)C(=O)N1C[C@@H](CO)C2(CCC2)C1. The molecule has 92 valence electrons. The van der Waals surface area contributed by atoms with E-state index in [1.165, 1.54) is 6.42 Å². The van der Waals surface area contributed by atoms with Gasteiger partial charge in [0.2, 0.25) is 5.91 Å². The molecule has 1 heterocycles. The fraction of sp³-hybridized carbons (Fsp3) is 0.917. The van der Waals surface area contributed by atoms with E-state index in [2.05, 4.69) is 0 Å². The van der Waals surface area contributed by atoms with Gasteiger partial charge >= 0.3 is 0 Å². The number of hydrogen-bond acceptors (Lipinski definition) is 2. The summed E-state index contributed by atoms with van der Waals surface area (Å²) in [6.07, 6.45) is 4.21. The second-order valence-electron chi connectivity index (χ2n) is 5.19. The third kappa shape index (κ3) is 1.84. The van der Waals surface area contributed by atoms with Gasteiger partial charge in [-0.15, -0.1) is 11.6 Å². The van der Waals surface area contributed by atoms with Crippen LogP contribution in [0.4, 0.5) is 0 Å². The minimum absolute atomic E-state index is 0.0476. The molecule has 1 spiro atoms. The molecule has 1 aliphatic heterocycles. The van der Waals surface area contributed by atoms with Gasteiger partial charge in [-0.2, -0.15) is 0 Å². The Balaban J connectivity index is 2.02. The molecule has 4 heteroatoms. The number of halogens is 1. The van der Waals surface area contributed by atoms with Crippen LogP contribution in [0.5, 0.6) is 0 Å². The van der Waals surface area contributed by atoms with Crippen LogP contribution in [0.2, 0.25) is 0 Å². The topological polar surface area (TPSA) is 40.5 Å². The molecule has 0 bridgehead atoms. The number of nitrogens with zero attached hydrogens (tertiary/aromatic N) is 1. The summed E-state index contributed by atoms with van der Waals surface area (Å²) in [4.78, 5) is 13.8. The third-order valence-electron chi connectivity index (χ3n) is 4.32. The first-order valence-electron chi connectivity index (χ1n) is 6.16. The Morgan fingerprint density at radius 2 is 2.31 bits per heavy atom. The average molecular weight is 246 g/mol. The van der Waals surface area contributed by atoms with Crippen LogP contribution in [0, 0.1) is 11.3 Å². The predicted octanol–water partition coefficient (Wildman–Crippen LogP) is 1.62. The van der Waals surface area contributed by atoms with Crippen LogP contribution in [0.3, 0.4) is 0 Å². The largest absolute Gasteiger partial charge is 0.396 e. The molecule has 1 amide bonds. The van der Waals surface area contributed by atoms with Crippen molar-refractivity contribution in [1.29, 1.82) is 0 Å². The molecular formula is C12H20ClNO2. The van der Waals surface area contributed by atoms with Gasteiger partial charge in [-0.3, -0.25) is 4.79 Å². The zero-order chi connectivity index (χ0) is 11.8. The molecule has 0 radical (unpaired) electrons. The van der Waals surface area contributed by atoms with Crippen LogP contribution in [-0.2, 0) is 4.79 Å². The summed E-state index contributed by atoms with van der Waals surface area (Å²) < 4.78 is 0. The second kappa shape index (κ2) is 4.53. The molecule has 2 rings (SSSR count). The Kier molecular flexibility index (Phi) is 3.45. The maximum absolute atomic E-state index is 12.0. The lowest BCUT2D eigenvalue weighted by Crippen LogP contribution is -2.40. The summed E-state index contributed by atoms with van der Waals surface area (Å²) in [7, 11) is 0. The van der Waals surface area contributed by atoms with Crippen molar-refractivity contribution in [3.8, 4) is 0 Å². The van der Waals surface area contributed by atoms with Gasteiger partial charge in [0.1, 0.15) is 5.38 Å². The van der Waals surface area contributed by atoms with E-state index >= 15 is 0 Å². The number of rotatable bonds is 3. The molecule has 1 saturated carbocycles. The number of hydrogen-bond donors (Lipinski definition) is 1. The zero-order valence-electron chi connectivity index (χ0n) is 9.79. The van der Waals surface area contributed by atoms with E-state index in [0.717, 1.165) is 19.4 Å². The second-order valence-corrected chi connectivity index (χ2v) is 5.72. The maximum atomic E-state index is 12.0. The number of amides is 1. The number of likely N-dealkylation sites (tertiary alicyclic amines) is 1. The van der Waals surface area contributed by atoms with Crippen LogP contribution in [0.25, 0.3) is 0 Å². The van der Waals surface area contributed by atoms with Gasteiger partial charge in [-0.1, -0.05) is 13.3 Å². The smallest absolute Gasteiger partial charge is 0.240 e. The quantitative estimate of drug-likeness (QED) is 0.768. The fourth-order valence-electron chi connectivity index (χ4n) is 3.02. The summed E-state index contributed by atoms with van der Waals surface area (Å²) >= 11 is 5.99. The van der Waals surface area contributed by atoms with E-state index in [1.807, 2.05) is 11.8 Å². The highest BCUT2D eigenvalue weighted by atomic mass is 35.5. The Morgan fingerprint density at radius 3 is 2.69 bits per heavy atom. The zero-order valence-corrected chi connectivity index (χ0v) is 10.5. The van der Waals surface area contributed by atoms with Crippen molar-refractivity contribution < 1.29 is 9.90 Å². The van der Waals surface area contributed by atoms with Crippen LogP contribution in [0.15, 0.2) is 0 Å². The van der Waals surface area contributed by atoms with Crippen molar-refractivity contribution in [2.75, 3.05) is 19.7 Å². The highest BCUT2D eigenvalue weighted by molar-refractivity contribution is 6.30. The standard InChI is InChI=1S/C12H20ClNO2/c1-2-10(13)11(16)14-6-9(7-15)12(8-14)4-3-5-12/h9-10,15H,2-8H2,1H3/t9-,10-/m0/s1. The van der Waals surface area contributed by atoms with E-state index < -0.39 is 5.38 Å². The van der Waals surface area contributed by atoms with Crippen molar-refractivity contribution >= 4 is 17.5 Å². The number of aliphatic hydroxyl groups excluding tert-OH is 1. The lowest BCUT2D eigenvalue weighted by molar-refractivity contribution is -0.130. The molecule has 2 fully saturated rings. The summed E-state index contributed by atoms with van der Waals surface area (Å²) in [6, 6.07) is 0. The number of aliphatic hydroxyl groups is 1. The monoisotopic (exact) mass is 245 g/mol. The van der Waals surface area contributed by atoms with Crippen molar-refractivity contribution in [2.45, 2.75) is 38.0 Å². The highest BCUT2D eigenvalue weighted by Crippen LogP contribution is 2.51. The predicted molar refractivity (Wildman–Crippen MR) is 63.4 cm³/mol. The number of alkyl halides is 1. The van der Waals surface area contributed by atoms with Gasteiger partial charge in [-0.05, 0) is 24.7 Å². The van der Waals surface area contributed by atoms with E-state index in [1.54, 1.807) is 0 Å². The first-order chi connectivity index (χ1) is 7.63. The van der Waals surface area contributed by atoms with Gasteiger partial charge in [0, 0.05) is 25.6 Å². The van der Waals surface area contributed by atoms with Crippen LogP contribution >= 0.6 is 11.6 Å². The summed E-state index contributed by atoms with van der Waals surface area (Å²) in [5.74, 6) is 0.317. The van der Waals surface area contributed by atoms with E-state index in [0.29, 0.717) is 13.0 Å². The van der Waals surface area contributed by atoms with E-state index in [9.17, 15) is 9.90 Å². The maximum Gasteiger partial charge on any atom is 0.240 e. The molecule has 3 nitrogen and oxygen atoms in total. The van der Waals surface area contributed by atoms with Crippen molar-refractivity contribution in [3.05, 3.63) is 0 Å². The lowest BCUT2D eigenvalue weighted by Gasteiger charge is -2.42. The molecule has 16 heavy (non-hydrogen) atoms. The minimum atomic E-state index is -0.394. The van der Waals surface area contributed by atoms with Crippen molar-refractivity contribution in [2.24, 2.45) is 11.3 Å².